The molecule has 0 radical (unpaired) electrons. The third-order valence-electron chi connectivity index (χ3n) is 8.46. The lowest BCUT2D eigenvalue weighted by atomic mass is 10.0. The second-order valence-corrected chi connectivity index (χ2v) is 11.6. The fraction of sp³-hybridized carbons (Fsp3) is 0.273. The molecule has 2 N–H and O–H groups in total. The van der Waals surface area contributed by atoms with Crippen molar-refractivity contribution in [3.05, 3.63) is 107 Å². The number of likely N-dealkylation sites (tertiary alicyclic amines) is 1. The number of halogens is 2. The van der Waals surface area contributed by atoms with Gasteiger partial charge in [0.2, 0.25) is 0 Å². The van der Waals surface area contributed by atoms with Crippen molar-refractivity contribution in [3.8, 4) is 17.2 Å². The molecular weight excluding hydrogens is 582 g/mol. The number of urea groups is 1. The predicted octanol–water partition coefficient (Wildman–Crippen LogP) is 5.36. The summed E-state index contributed by atoms with van der Waals surface area (Å²) in [7, 11) is 3.92. The van der Waals surface area contributed by atoms with Crippen molar-refractivity contribution in [2.45, 2.75) is 18.9 Å². The van der Waals surface area contributed by atoms with Crippen LogP contribution in [-0.4, -0.2) is 64.5 Å². The predicted molar refractivity (Wildman–Crippen MR) is 165 cm³/mol. The second-order valence-electron chi connectivity index (χ2n) is 11.6. The third-order valence-corrected chi connectivity index (χ3v) is 8.46. The van der Waals surface area contributed by atoms with Crippen molar-refractivity contribution in [2.75, 3.05) is 37.8 Å². The highest BCUT2D eigenvalue weighted by molar-refractivity contribution is 6.04. The van der Waals surface area contributed by atoms with Gasteiger partial charge >= 0.3 is 6.03 Å². The number of nitrogens with one attached hydrogen (secondary N) is 2. The fourth-order valence-corrected chi connectivity index (χ4v) is 6.18. The summed E-state index contributed by atoms with van der Waals surface area (Å²) in [6, 6.07) is 14.9. The Bertz CT molecular complexity index is 1780. The van der Waals surface area contributed by atoms with E-state index in [1.54, 1.807) is 11.9 Å². The van der Waals surface area contributed by atoms with Crippen LogP contribution in [0.3, 0.4) is 0 Å². The first kappa shape index (κ1) is 29.9. The second kappa shape index (κ2) is 12.5. The Labute approximate surface area is 258 Å². The lowest BCUT2D eigenvalue weighted by Gasteiger charge is -2.26. The first-order valence-corrected chi connectivity index (χ1v) is 14.6. The molecule has 3 amide bonds. The molecule has 2 atom stereocenters. The van der Waals surface area contributed by atoms with Crippen molar-refractivity contribution in [3.63, 3.8) is 0 Å². The van der Waals surface area contributed by atoms with Crippen LogP contribution in [0.4, 0.5) is 25.1 Å². The van der Waals surface area contributed by atoms with Crippen LogP contribution in [0.5, 0.6) is 11.5 Å². The Morgan fingerprint density at radius 2 is 1.71 bits per heavy atom. The van der Waals surface area contributed by atoms with E-state index in [0.29, 0.717) is 17.5 Å². The van der Waals surface area contributed by atoms with Crippen LogP contribution in [0.2, 0.25) is 0 Å². The number of carbonyl (C=O) groups is 2. The Balaban J connectivity index is 1.08. The van der Waals surface area contributed by atoms with Crippen LogP contribution < -0.4 is 20.9 Å². The van der Waals surface area contributed by atoms with Crippen LogP contribution >= 0.6 is 0 Å². The standard InChI is InChI=1S/C33H32F2N6O4/c1-39-18-20-14-25(15-21(20)19-39)40(2)33(44)38-30-17-26(11-12-36-30)45-29-10-7-23(16-28(29)35)37-31(42)27-4-3-13-41(32(27)43)24-8-5-22(34)6-9-24/h3-13,16-17,20-21,25H,14-15,18-19H2,1-2H3,(H,37,42)(H,36,38,44). The van der Waals surface area contributed by atoms with Gasteiger partial charge in [-0.05, 0) is 86.3 Å². The molecule has 2 unspecified atom stereocenters. The maximum atomic E-state index is 15.0. The summed E-state index contributed by atoms with van der Waals surface area (Å²) < 4.78 is 35.3. The monoisotopic (exact) mass is 614 g/mol. The molecule has 0 spiro atoms. The molecule has 12 heteroatoms. The van der Waals surface area contributed by atoms with Crippen molar-refractivity contribution in [1.29, 1.82) is 0 Å². The number of benzene rings is 2. The average molecular weight is 615 g/mol. The van der Waals surface area contributed by atoms with Gasteiger partial charge < -0.3 is 19.9 Å². The van der Waals surface area contributed by atoms with Crippen molar-refractivity contribution < 1.29 is 23.1 Å². The largest absolute Gasteiger partial charge is 0.454 e. The summed E-state index contributed by atoms with van der Waals surface area (Å²) in [5, 5.41) is 5.33. The summed E-state index contributed by atoms with van der Waals surface area (Å²) in [5.74, 6) is -0.327. The molecule has 2 fully saturated rings. The minimum absolute atomic E-state index is 0.106. The fourth-order valence-electron chi connectivity index (χ4n) is 6.18. The van der Waals surface area contributed by atoms with E-state index in [9.17, 15) is 18.8 Å². The number of aromatic nitrogens is 2. The molecule has 232 valence electrons. The van der Waals surface area contributed by atoms with Gasteiger partial charge in [-0.15, -0.1) is 0 Å². The highest BCUT2D eigenvalue weighted by Gasteiger charge is 2.41. The molecule has 1 saturated carbocycles. The summed E-state index contributed by atoms with van der Waals surface area (Å²) in [6.45, 7) is 2.13. The summed E-state index contributed by atoms with van der Waals surface area (Å²) in [5.41, 5.74) is -0.302. The number of amides is 3. The Hall–Kier alpha value is -5.10. The molecule has 0 bridgehead atoms. The number of anilines is 2. The number of carbonyl (C=O) groups excluding carboxylic acids is 2. The van der Waals surface area contributed by atoms with Gasteiger partial charge in [0.15, 0.2) is 11.6 Å². The zero-order valence-corrected chi connectivity index (χ0v) is 24.7. The van der Waals surface area contributed by atoms with Crippen molar-refractivity contribution in [1.82, 2.24) is 19.4 Å². The summed E-state index contributed by atoms with van der Waals surface area (Å²) in [6.07, 6.45) is 4.87. The molecule has 2 aromatic carbocycles. The zero-order chi connectivity index (χ0) is 31.7. The Kier molecular flexibility index (Phi) is 8.31. The molecule has 6 rings (SSSR count). The van der Waals surface area contributed by atoms with E-state index in [1.165, 1.54) is 77.6 Å². The van der Waals surface area contributed by atoms with Crippen LogP contribution in [0.25, 0.3) is 5.69 Å². The molecule has 10 nitrogen and oxygen atoms in total. The number of hydrogen-bond acceptors (Lipinski definition) is 6. The molecular formula is C33H32F2N6O4. The van der Waals surface area contributed by atoms with Gasteiger partial charge in [-0.25, -0.2) is 18.6 Å². The van der Waals surface area contributed by atoms with E-state index in [4.69, 9.17) is 4.74 Å². The lowest BCUT2D eigenvalue weighted by Crippen LogP contribution is -2.39. The van der Waals surface area contributed by atoms with Gasteiger partial charge in [-0.2, -0.15) is 0 Å². The van der Waals surface area contributed by atoms with Gasteiger partial charge in [0, 0.05) is 62.1 Å². The molecule has 1 saturated heterocycles. The minimum atomic E-state index is -0.760. The topological polar surface area (TPSA) is 109 Å². The summed E-state index contributed by atoms with van der Waals surface area (Å²) >= 11 is 0. The molecule has 45 heavy (non-hydrogen) atoms. The van der Waals surface area contributed by atoms with Gasteiger partial charge in [0.25, 0.3) is 11.5 Å². The maximum absolute atomic E-state index is 15.0. The number of pyridine rings is 2. The van der Waals surface area contributed by atoms with E-state index >= 15 is 4.39 Å². The summed E-state index contributed by atoms with van der Waals surface area (Å²) in [4.78, 5) is 47.1. The smallest absolute Gasteiger partial charge is 0.323 e. The molecule has 1 aliphatic carbocycles. The van der Waals surface area contributed by atoms with Crippen LogP contribution in [0.15, 0.2) is 83.9 Å². The normalized spacial score (nSPS) is 19.2. The molecule has 2 aromatic heterocycles. The van der Waals surface area contributed by atoms with E-state index in [-0.39, 0.29) is 40.6 Å². The van der Waals surface area contributed by atoms with Crippen LogP contribution in [0, 0.1) is 23.5 Å². The highest BCUT2D eigenvalue weighted by Crippen LogP contribution is 2.39. The van der Waals surface area contributed by atoms with Crippen LogP contribution in [0.1, 0.15) is 23.2 Å². The quantitative estimate of drug-likeness (QED) is 0.290. The van der Waals surface area contributed by atoms with Gasteiger partial charge in [-0.3, -0.25) is 19.5 Å². The Morgan fingerprint density at radius 3 is 2.42 bits per heavy atom. The molecule has 3 heterocycles. The first-order valence-electron chi connectivity index (χ1n) is 14.6. The SMILES string of the molecule is CN1CC2CC(N(C)C(=O)Nc3cc(Oc4ccc(NC(=O)c5cccn(-c6ccc(F)cc6)c5=O)cc4F)ccn3)CC2C1. The third kappa shape index (κ3) is 6.55. The van der Waals surface area contributed by atoms with E-state index in [2.05, 4.69) is 27.6 Å². The van der Waals surface area contributed by atoms with Gasteiger partial charge in [0.1, 0.15) is 22.9 Å². The first-order chi connectivity index (χ1) is 21.6. The molecule has 2 aliphatic rings. The van der Waals surface area contributed by atoms with Crippen molar-refractivity contribution in [2.24, 2.45) is 11.8 Å². The molecule has 4 aromatic rings. The van der Waals surface area contributed by atoms with Crippen LogP contribution in [-0.2, 0) is 0 Å². The average Bonchev–Trinajstić information content (AvgIpc) is 3.56. The van der Waals surface area contributed by atoms with E-state index in [0.717, 1.165) is 32.0 Å². The number of rotatable bonds is 7. The zero-order valence-electron chi connectivity index (χ0n) is 24.7. The van der Waals surface area contributed by atoms with E-state index in [1.807, 2.05) is 0 Å². The number of nitrogens with zero attached hydrogens (tertiary/aromatic N) is 4. The maximum Gasteiger partial charge on any atom is 0.323 e. The number of fused-ring (bicyclic) bond motifs is 1. The number of hydrogen-bond donors (Lipinski definition) is 2. The van der Waals surface area contributed by atoms with Gasteiger partial charge in [-0.1, -0.05) is 0 Å². The van der Waals surface area contributed by atoms with Gasteiger partial charge in [0.05, 0.1) is 0 Å². The van der Waals surface area contributed by atoms with E-state index < -0.39 is 23.1 Å². The number of ether oxygens (including phenoxy) is 1. The molecule has 1 aliphatic heterocycles. The lowest BCUT2D eigenvalue weighted by molar-refractivity contribution is 0.102. The Morgan fingerprint density at radius 1 is 0.978 bits per heavy atom. The van der Waals surface area contributed by atoms with Crippen molar-refractivity contribution >= 4 is 23.4 Å². The highest BCUT2D eigenvalue weighted by atomic mass is 19.1. The minimum Gasteiger partial charge on any atom is -0.454 e.